The fourth-order valence-corrected chi connectivity index (χ4v) is 2.64. The second-order valence-electron chi connectivity index (χ2n) is 4.97. The van der Waals surface area contributed by atoms with Crippen LogP contribution in [0.4, 0.5) is 5.69 Å². The molecule has 1 aromatic rings. The van der Waals surface area contributed by atoms with Crippen LogP contribution in [-0.2, 0) is 0 Å². The number of piperidine rings is 1. The van der Waals surface area contributed by atoms with Crippen LogP contribution in [0.25, 0.3) is 0 Å². The van der Waals surface area contributed by atoms with Gasteiger partial charge in [0.25, 0.3) is 0 Å². The Hall–Kier alpha value is -1.56. The van der Waals surface area contributed by atoms with E-state index in [-0.39, 0.29) is 0 Å². The summed E-state index contributed by atoms with van der Waals surface area (Å²) in [6, 6.07) is 6.10. The Morgan fingerprint density at radius 1 is 1.25 bits per heavy atom. The molecule has 1 saturated heterocycles. The highest BCUT2D eigenvalue weighted by atomic mass is 15.1. The molecule has 0 unspecified atom stereocenters. The van der Waals surface area contributed by atoms with Crippen LogP contribution in [0.15, 0.2) is 18.3 Å². The van der Waals surface area contributed by atoms with Crippen molar-refractivity contribution in [2.75, 3.05) is 18.0 Å². The van der Waals surface area contributed by atoms with Gasteiger partial charge in [-0.15, -0.1) is 0 Å². The van der Waals surface area contributed by atoms with Crippen LogP contribution in [0.1, 0.15) is 31.4 Å². The van der Waals surface area contributed by atoms with E-state index < -0.39 is 0 Å². The summed E-state index contributed by atoms with van der Waals surface area (Å²) in [5.74, 6) is 0. The van der Waals surface area contributed by atoms with Crippen LogP contribution in [-0.4, -0.2) is 18.1 Å². The second-order valence-corrected chi connectivity index (χ2v) is 4.97. The zero-order chi connectivity index (χ0) is 11.0. The molecule has 1 saturated carbocycles. The Morgan fingerprint density at radius 3 is 2.62 bits per heavy atom. The van der Waals surface area contributed by atoms with E-state index in [0.29, 0.717) is 11.1 Å². The Bertz CT molecular complexity index is 433. The molecule has 0 amide bonds. The van der Waals surface area contributed by atoms with Crippen molar-refractivity contribution >= 4 is 5.69 Å². The fourth-order valence-electron chi connectivity index (χ4n) is 2.64. The van der Waals surface area contributed by atoms with Gasteiger partial charge < -0.3 is 4.90 Å². The third-order valence-corrected chi connectivity index (χ3v) is 4.01. The zero-order valence-electron chi connectivity index (χ0n) is 9.32. The molecule has 16 heavy (non-hydrogen) atoms. The van der Waals surface area contributed by atoms with E-state index in [4.69, 9.17) is 5.26 Å². The molecule has 1 aliphatic heterocycles. The lowest BCUT2D eigenvalue weighted by molar-refractivity contribution is 0.384. The third-order valence-electron chi connectivity index (χ3n) is 4.01. The number of hydrogen-bond donors (Lipinski definition) is 0. The quantitative estimate of drug-likeness (QED) is 0.718. The van der Waals surface area contributed by atoms with Crippen LogP contribution < -0.4 is 4.90 Å². The van der Waals surface area contributed by atoms with Gasteiger partial charge in [-0.25, -0.2) is 4.98 Å². The van der Waals surface area contributed by atoms with Crippen molar-refractivity contribution in [3.05, 3.63) is 24.0 Å². The lowest BCUT2D eigenvalue weighted by atomic mass is 9.93. The summed E-state index contributed by atoms with van der Waals surface area (Å²) in [6.45, 7) is 2.17. The first-order valence-corrected chi connectivity index (χ1v) is 5.93. The molecule has 2 fully saturated rings. The van der Waals surface area contributed by atoms with Crippen LogP contribution in [0.3, 0.4) is 0 Å². The molecule has 3 heteroatoms. The van der Waals surface area contributed by atoms with Gasteiger partial charge in [0.05, 0.1) is 5.69 Å². The summed E-state index contributed by atoms with van der Waals surface area (Å²) in [7, 11) is 0. The molecule has 1 aliphatic carbocycles. The zero-order valence-corrected chi connectivity index (χ0v) is 9.32. The van der Waals surface area contributed by atoms with E-state index in [1.165, 1.54) is 25.7 Å². The summed E-state index contributed by atoms with van der Waals surface area (Å²) in [5.41, 5.74) is 2.26. The lowest BCUT2D eigenvalue weighted by Crippen LogP contribution is -2.34. The molecule has 1 aromatic heterocycles. The van der Waals surface area contributed by atoms with Gasteiger partial charge in [0.2, 0.25) is 0 Å². The van der Waals surface area contributed by atoms with Gasteiger partial charge in [-0.3, -0.25) is 0 Å². The Labute approximate surface area is 95.7 Å². The predicted octanol–water partition coefficient (Wildman–Crippen LogP) is 2.33. The number of nitriles is 1. The number of aromatic nitrogens is 1. The minimum Gasteiger partial charge on any atom is -0.369 e. The van der Waals surface area contributed by atoms with Gasteiger partial charge in [0.15, 0.2) is 5.69 Å². The molecule has 0 bridgehead atoms. The van der Waals surface area contributed by atoms with Crippen LogP contribution >= 0.6 is 0 Å². The molecular formula is C13H15N3. The van der Waals surface area contributed by atoms with Gasteiger partial charge in [-0.2, -0.15) is 5.26 Å². The van der Waals surface area contributed by atoms with E-state index in [2.05, 4.69) is 16.0 Å². The molecule has 0 radical (unpaired) electrons. The molecule has 82 valence electrons. The number of pyridine rings is 1. The maximum Gasteiger partial charge on any atom is 0.163 e. The highest BCUT2D eigenvalue weighted by Gasteiger charge is 2.44. The molecule has 1 spiro atoms. The van der Waals surface area contributed by atoms with E-state index in [1.807, 2.05) is 12.1 Å². The van der Waals surface area contributed by atoms with Gasteiger partial charge in [-0.1, -0.05) is 0 Å². The van der Waals surface area contributed by atoms with Crippen molar-refractivity contribution in [2.45, 2.75) is 25.7 Å². The summed E-state index contributed by atoms with van der Waals surface area (Å²) < 4.78 is 0. The molecule has 0 N–H and O–H groups in total. The van der Waals surface area contributed by atoms with E-state index in [9.17, 15) is 0 Å². The van der Waals surface area contributed by atoms with Crippen molar-refractivity contribution in [2.24, 2.45) is 5.41 Å². The fraction of sp³-hybridized carbons (Fsp3) is 0.538. The van der Waals surface area contributed by atoms with Gasteiger partial charge in [-0.05, 0) is 43.2 Å². The maximum absolute atomic E-state index is 9.02. The third kappa shape index (κ3) is 1.55. The molecule has 0 atom stereocenters. The van der Waals surface area contributed by atoms with Crippen LogP contribution in [0.5, 0.6) is 0 Å². The van der Waals surface area contributed by atoms with Crippen LogP contribution in [0, 0.1) is 16.7 Å². The first kappa shape index (κ1) is 9.65. The highest BCUT2D eigenvalue weighted by Crippen LogP contribution is 2.53. The van der Waals surface area contributed by atoms with Crippen molar-refractivity contribution in [3.63, 3.8) is 0 Å². The predicted molar refractivity (Wildman–Crippen MR) is 62.1 cm³/mol. The topological polar surface area (TPSA) is 39.9 Å². The molecule has 3 nitrogen and oxygen atoms in total. The first-order valence-electron chi connectivity index (χ1n) is 5.93. The van der Waals surface area contributed by atoms with Crippen molar-refractivity contribution in [1.82, 2.24) is 4.98 Å². The highest BCUT2D eigenvalue weighted by molar-refractivity contribution is 5.56. The number of hydrogen-bond acceptors (Lipinski definition) is 3. The second kappa shape index (κ2) is 3.48. The SMILES string of the molecule is N#Cc1ncccc1N1CCC2(CC1)CC2. The van der Waals surface area contributed by atoms with Crippen molar-refractivity contribution in [1.29, 1.82) is 5.26 Å². The average Bonchev–Trinajstić information content (AvgIpc) is 3.10. The normalized spacial score (nSPS) is 21.8. The number of rotatable bonds is 1. The summed E-state index contributed by atoms with van der Waals surface area (Å²) >= 11 is 0. The molecule has 0 aromatic carbocycles. The average molecular weight is 213 g/mol. The van der Waals surface area contributed by atoms with Crippen LogP contribution in [0.2, 0.25) is 0 Å². The number of anilines is 1. The Kier molecular flexibility index (Phi) is 2.10. The van der Waals surface area contributed by atoms with Gasteiger partial charge in [0, 0.05) is 19.3 Å². The van der Waals surface area contributed by atoms with E-state index in [0.717, 1.165) is 18.8 Å². The summed E-state index contributed by atoms with van der Waals surface area (Å²) in [6.07, 6.45) is 7.09. The minimum atomic E-state index is 0.564. The largest absolute Gasteiger partial charge is 0.369 e. The smallest absolute Gasteiger partial charge is 0.163 e. The minimum absolute atomic E-state index is 0.564. The Balaban J connectivity index is 1.80. The maximum atomic E-state index is 9.02. The van der Waals surface area contributed by atoms with E-state index >= 15 is 0 Å². The molecule has 2 heterocycles. The monoisotopic (exact) mass is 213 g/mol. The van der Waals surface area contributed by atoms with Gasteiger partial charge >= 0.3 is 0 Å². The number of nitrogens with zero attached hydrogens (tertiary/aromatic N) is 3. The standard InChI is InChI=1S/C13H15N3/c14-10-11-12(2-1-7-15-11)16-8-5-13(3-4-13)6-9-16/h1-2,7H,3-6,8-9H2. The van der Waals surface area contributed by atoms with E-state index in [1.54, 1.807) is 6.20 Å². The lowest BCUT2D eigenvalue weighted by Gasteiger charge is -2.33. The summed E-state index contributed by atoms with van der Waals surface area (Å²) in [5, 5.41) is 9.02. The van der Waals surface area contributed by atoms with Gasteiger partial charge in [0.1, 0.15) is 6.07 Å². The molecule has 3 rings (SSSR count). The molecule has 2 aliphatic rings. The first-order chi connectivity index (χ1) is 7.83. The van der Waals surface area contributed by atoms with Crippen molar-refractivity contribution < 1.29 is 0 Å². The molecular weight excluding hydrogens is 198 g/mol. The van der Waals surface area contributed by atoms with Crippen molar-refractivity contribution in [3.8, 4) is 6.07 Å². The Morgan fingerprint density at radius 2 is 2.00 bits per heavy atom. The summed E-state index contributed by atoms with van der Waals surface area (Å²) in [4.78, 5) is 6.44.